The van der Waals surface area contributed by atoms with Crippen LogP contribution in [0.2, 0.25) is 5.02 Å². The number of rotatable bonds is 4. The van der Waals surface area contributed by atoms with Gasteiger partial charge in [0.25, 0.3) is 11.8 Å². The molecule has 2 amide bonds. The Balaban J connectivity index is 1.83. The number of amides is 2. The first kappa shape index (κ1) is 15.8. The van der Waals surface area contributed by atoms with Crippen LogP contribution in [0.4, 0.5) is 0 Å². The summed E-state index contributed by atoms with van der Waals surface area (Å²) in [6.07, 6.45) is 0. The number of hydrogen-bond donors (Lipinski definition) is 2. The van der Waals surface area contributed by atoms with E-state index in [1.54, 1.807) is 38.1 Å². The number of benzene rings is 1. The summed E-state index contributed by atoms with van der Waals surface area (Å²) in [5, 5.41) is 4.06. The van der Waals surface area contributed by atoms with E-state index in [2.05, 4.69) is 16.0 Å². The van der Waals surface area contributed by atoms with Gasteiger partial charge in [-0.15, -0.1) is 0 Å². The minimum atomic E-state index is -0.528. The SMILES string of the molecule is Cc1noc(C)c1C(=O)NNC(=O)COc1ccccc1Cl. The molecule has 0 radical (unpaired) electrons. The molecule has 1 heterocycles. The highest BCUT2D eigenvalue weighted by molar-refractivity contribution is 6.32. The van der Waals surface area contributed by atoms with Gasteiger partial charge in [0.05, 0.1) is 10.7 Å². The fourth-order valence-electron chi connectivity index (χ4n) is 1.74. The molecule has 1 aromatic heterocycles. The van der Waals surface area contributed by atoms with Gasteiger partial charge in [0.1, 0.15) is 17.1 Å². The molecular weight excluding hydrogens is 310 g/mol. The van der Waals surface area contributed by atoms with Crippen molar-refractivity contribution >= 4 is 23.4 Å². The molecule has 0 aliphatic heterocycles. The Hall–Kier alpha value is -2.54. The fraction of sp³-hybridized carbons (Fsp3) is 0.214. The van der Waals surface area contributed by atoms with E-state index in [1.165, 1.54) is 0 Å². The lowest BCUT2D eigenvalue weighted by molar-refractivity contribution is -0.123. The number of carbonyl (C=O) groups excluding carboxylic acids is 2. The zero-order valence-electron chi connectivity index (χ0n) is 12.0. The van der Waals surface area contributed by atoms with Crippen LogP contribution in [-0.4, -0.2) is 23.6 Å². The van der Waals surface area contributed by atoms with Crippen molar-refractivity contribution in [2.75, 3.05) is 6.61 Å². The maximum atomic E-state index is 11.9. The van der Waals surface area contributed by atoms with Gasteiger partial charge in [-0.2, -0.15) is 0 Å². The molecule has 2 aromatic rings. The van der Waals surface area contributed by atoms with Gasteiger partial charge < -0.3 is 9.26 Å². The van der Waals surface area contributed by atoms with E-state index >= 15 is 0 Å². The second-order valence-electron chi connectivity index (χ2n) is 4.42. The lowest BCUT2D eigenvalue weighted by Gasteiger charge is -2.09. The third-order valence-corrected chi connectivity index (χ3v) is 3.08. The minimum absolute atomic E-state index is 0.285. The maximum absolute atomic E-state index is 11.9. The van der Waals surface area contributed by atoms with Crippen molar-refractivity contribution in [2.24, 2.45) is 0 Å². The van der Waals surface area contributed by atoms with Crippen LogP contribution in [-0.2, 0) is 4.79 Å². The Morgan fingerprint density at radius 3 is 2.64 bits per heavy atom. The van der Waals surface area contributed by atoms with Gasteiger partial charge in [-0.1, -0.05) is 28.9 Å². The molecule has 0 bridgehead atoms. The number of aromatic nitrogens is 1. The lowest BCUT2D eigenvalue weighted by Crippen LogP contribution is -2.44. The quantitative estimate of drug-likeness (QED) is 0.837. The average Bonchev–Trinajstić information content (AvgIpc) is 2.83. The summed E-state index contributed by atoms with van der Waals surface area (Å²) in [6.45, 7) is 2.95. The third kappa shape index (κ3) is 3.76. The second-order valence-corrected chi connectivity index (χ2v) is 4.83. The predicted molar refractivity (Wildman–Crippen MR) is 78.5 cm³/mol. The summed E-state index contributed by atoms with van der Waals surface area (Å²) in [7, 11) is 0. The number of carbonyl (C=O) groups is 2. The molecule has 0 atom stereocenters. The molecule has 0 saturated carbocycles. The number of para-hydroxylation sites is 1. The molecule has 0 spiro atoms. The summed E-state index contributed by atoms with van der Waals surface area (Å²) >= 11 is 5.89. The number of nitrogens with one attached hydrogen (secondary N) is 2. The number of hydrazine groups is 1. The Morgan fingerprint density at radius 1 is 1.27 bits per heavy atom. The molecule has 0 unspecified atom stereocenters. The van der Waals surface area contributed by atoms with Gasteiger partial charge in [0, 0.05) is 0 Å². The van der Waals surface area contributed by atoms with Crippen LogP contribution in [0.5, 0.6) is 5.75 Å². The Labute approximate surface area is 131 Å². The summed E-state index contributed by atoms with van der Waals surface area (Å²) in [6, 6.07) is 6.77. The molecule has 1 aromatic carbocycles. The van der Waals surface area contributed by atoms with E-state index in [0.29, 0.717) is 22.2 Å². The van der Waals surface area contributed by atoms with Gasteiger partial charge in [0.15, 0.2) is 6.61 Å². The zero-order valence-corrected chi connectivity index (χ0v) is 12.7. The highest BCUT2D eigenvalue weighted by Crippen LogP contribution is 2.22. The van der Waals surface area contributed by atoms with Crippen molar-refractivity contribution in [3.63, 3.8) is 0 Å². The minimum Gasteiger partial charge on any atom is -0.482 e. The van der Waals surface area contributed by atoms with Crippen LogP contribution in [0.15, 0.2) is 28.8 Å². The standard InChI is InChI=1S/C14H14ClN3O4/c1-8-13(9(2)22-18-8)14(20)17-16-12(19)7-21-11-6-4-3-5-10(11)15/h3-6H,7H2,1-2H3,(H,16,19)(H,17,20). The summed E-state index contributed by atoms with van der Waals surface area (Å²) in [5.74, 6) is -0.282. The highest BCUT2D eigenvalue weighted by Gasteiger charge is 2.17. The van der Waals surface area contributed by atoms with Crippen molar-refractivity contribution in [1.82, 2.24) is 16.0 Å². The lowest BCUT2D eigenvalue weighted by atomic mass is 10.2. The summed E-state index contributed by atoms with van der Waals surface area (Å²) in [4.78, 5) is 23.5. The van der Waals surface area contributed by atoms with Crippen molar-refractivity contribution in [1.29, 1.82) is 0 Å². The zero-order chi connectivity index (χ0) is 16.1. The molecule has 0 aliphatic rings. The van der Waals surface area contributed by atoms with E-state index in [4.69, 9.17) is 20.9 Å². The first-order valence-corrected chi connectivity index (χ1v) is 6.76. The van der Waals surface area contributed by atoms with Crippen LogP contribution >= 0.6 is 11.6 Å². The number of ether oxygens (including phenoxy) is 1. The van der Waals surface area contributed by atoms with Crippen molar-refractivity contribution in [2.45, 2.75) is 13.8 Å². The van der Waals surface area contributed by atoms with Crippen molar-refractivity contribution < 1.29 is 18.8 Å². The molecule has 8 heteroatoms. The first-order valence-electron chi connectivity index (χ1n) is 6.38. The summed E-state index contributed by atoms with van der Waals surface area (Å²) in [5.41, 5.74) is 5.23. The third-order valence-electron chi connectivity index (χ3n) is 2.77. The van der Waals surface area contributed by atoms with Crippen LogP contribution < -0.4 is 15.6 Å². The molecule has 116 valence electrons. The molecule has 7 nitrogen and oxygen atoms in total. The van der Waals surface area contributed by atoms with Crippen LogP contribution in [0, 0.1) is 13.8 Å². The first-order chi connectivity index (χ1) is 10.5. The normalized spacial score (nSPS) is 10.1. The smallest absolute Gasteiger partial charge is 0.276 e. The Bertz CT molecular complexity index is 680. The highest BCUT2D eigenvalue weighted by atomic mass is 35.5. The van der Waals surface area contributed by atoms with Gasteiger partial charge in [-0.25, -0.2) is 0 Å². The molecule has 22 heavy (non-hydrogen) atoms. The second kappa shape index (κ2) is 6.95. The van der Waals surface area contributed by atoms with Crippen LogP contribution in [0.25, 0.3) is 0 Å². The van der Waals surface area contributed by atoms with Crippen LogP contribution in [0.1, 0.15) is 21.8 Å². The number of halogens is 1. The number of hydrogen-bond acceptors (Lipinski definition) is 5. The Morgan fingerprint density at radius 2 is 2.00 bits per heavy atom. The largest absolute Gasteiger partial charge is 0.482 e. The van der Waals surface area contributed by atoms with Crippen molar-refractivity contribution in [3.8, 4) is 5.75 Å². The van der Waals surface area contributed by atoms with E-state index in [9.17, 15) is 9.59 Å². The molecule has 2 N–H and O–H groups in total. The van der Waals surface area contributed by atoms with E-state index < -0.39 is 11.8 Å². The van der Waals surface area contributed by atoms with E-state index in [0.717, 1.165) is 0 Å². The van der Waals surface area contributed by atoms with Gasteiger partial charge in [-0.3, -0.25) is 20.4 Å². The molecule has 0 fully saturated rings. The maximum Gasteiger partial charge on any atom is 0.276 e. The van der Waals surface area contributed by atoms with E-state index in [1.807, 2.05) is 0 Å². The monoisotopic (exact) mass is 323 g/mol. The average molecular weight is 324 g/mol. The molecule has 0 saturated heterocycles. The molecule has 2 rings (SSSR count). The topological polar surface area (TPSA) is 93.5 Å². The van der Waals surface area contributed by atoms with Gasteiger partial charge >= 0.3 is 0 Å². The van der Waals surface area contributed by atoms with Gasteiger partial charge in [0.2, 0.25) is 0 Å². The van der Waals surface area contributed by atoms with Gasteiger partial charge in [-0.05, 0) is 26.0 Å². The Kier molecular flexibility index (Phi) is 5.00. The molecule has 0 aliphatic carbocycles. The van der Waals surface area contributed by atoms with E-state index in [-0.39, 0.29) is 12.2 Å². The van der Waals surface area contributed by atoms with Crippen LogP contribution in [0.3, 0.4) is 0 Å². The fourth-order valence-corrected chi connectivity index (χ4v) is 1.93. The number of nitrogens with zero attached hydrogens (tertiary/aromatic N) is 1. The predicted octanol–water partition coefficient (Wildman–Crippen LogP) is 1.78. The van der Waals surface area contributed by atoms with Crippen molar-refractivity contribution in [3.05, 3.63) is 46.3 Å². The number of aryl methyl sites for hydroxylation is 2. The summed E-state index contributed by atoms with van der Waals surface area (Å²) < 4.78 is 10.1. The molecular formula is C14H14ClN3O4.